The summed E-state index contributed by atoms with van der Waals surface area (Å²) in [6.45, 7) is -0.181. The average molecular weight is 431 g/mol. The molecule has 12 heteroatoms. The first-order valence-corrected chi connectivity index (χ1v) is 9.16. The smallest absolute Gasteiger partial charge is 0.333 e. The largest absolute Gasteiger partial charge is 0.496 e. The van der Waals surface area contributed by atoms with Gasteiger partial charge in [-0.05, 0) is 11.1 Å². The summed E-state index contributed by atoms with van der Waals surface area (Å²) in [5, 5.41) is 3.95. The van der Waals surface area contributed by atoms with E-state index in [1.807, 2.05) is 0 Å². The number of rotatable bonds is 7. The molecule has 0 saturated carbocycles. The van der Waals surface area contributed by atoms with E-state index >= 15 is 0 Å². The number of nitrogens with one attached hydrogen (secondary N) is 1. The first-order chi connectivity index (χ1) is 14.8. The number of imide groups is 1. The molecule has 2 aliphatic rings. The zero-order valence-electron chi connectivity index (χ0n) is 17.8. The van der Waals surface area contributed by atoms with Crippen molar-refractivity contribution in [1.29, 1.82) is 0 Å². The number of carbonyl (C=O) groups excluding carboxylic acids is 3. The zero-order chi connectivity index (χ0) is 22.7. The fourth-order valence-corrected chi connectivity index (χ4v) is 3.20. The Hall–Kier alpha value is -3.96. The van der Waals surface area contributed by atoms with E-state index in [1.165, 1.54) is 57.5 Å². The van der Waals surface area contributed by atoms with Crippen molar-refractivity contribution in [3.05, 3.63) is 17.7 Å². The van der Waals surface area contributed by atoms with E-state index in [9.17, 15) is 14.4 Å². The molecule has 1 saturated heterocycles. The summed E-state index contributed by atoms with van der Waals surface area (Å²) in [5.41, 5.74) is 2.96. The molecule has 2 heterocycles. The van der Waals surface area contributed by atoms with Gasteiger partial charge in [-0.3, -0.25) is 19.4 Å². The van der Waals surface area contributed by atoms with Gasteiger partial charge in [-0.15, -0.1) is 0 Å². The van der Waals surface area contributed by atoms with Crippen LogP contribution in [-0.4, -0.2) is 98.6 Å². The maximum Gasteiger partial charge on any atom is 0.333 e. The Morgan fingerprint density at radius 2 is 1.77 bits per heavy atom. The van der Waals surface area contributed by atoms with Crippen molar-refractivity contribution in [3.63, 3.8) is 0 Å². The molecule has 31 heavy (non-hydrogen) atoms. The number of urea groups is 1. The second kappa shape index (κ2) is 8.81. The maximum absolute atomic E-state index is 12.5. The Labute approximate surface area is 178 Å². The van der Waals surface area contributed by atoms with Crippen LogP contribution in [0.25, 0.3) is 0 Å². The molecule has 12 nitrogen and oxygen atoms in total. The lowest BCUT2D eigenvalue weighted by Gasteiger charge is -2.30. The molecule has 0 radical (unpaired) electrons. The molecule has 1 unspecified atom stereocenters. The third kappa shape index (κ3) is 4.04. The lowest BCUT2D eigenvalue weighted by molar-refractivity contribution is -0.519. The van der Waals surface area contributed by atoms with E-state index in [0.29, 0.717) is 22.8 Å². The number of amidine groups is 1. The highest BCUT2D eigenvalue weighted by molar-refractivity contribution is 6.21. The Morgan fingerprint density at radius 3 is 2.42 bits per heavy atom. The maximum atomic E-state index is 12.5. The number of hydrogen-bond donors (Lipinski definition) is 1. The fraction of sp³-hybridized carbons (Fsp3) is 0.368. The van der Waals surface area contributed by atoms with Gasteiger partial charge >= 0.3 is 6.03 Å². The van der Waals surface area contributed by atoms with E-state index in [1.54, 1.807) is 12.1 Å². The van der Waals surface area contributed by atoms with Gasteiger partial charge in [-0.25, -0.2) is 14.8 Å². The molecule has 3 rings (SSSR count). The van der Waals surface area contributed by atoms with Crippen molar-refractivity contribution in [2.75, 3.05) is 42.0 Å². The molecule has 0 aliphatic carbocycles. The summed E-state index contributed by atoms with van der Waals surface area (Å²) in [7, 11) is 7.42. The highest BCUT2D eigenvalue weighted by Crippen LogP contribution is 2.33. The molecular formula is C19H23N6O6+. The van der Waals surface area contributed by atoms with Crippen LogP contribution in [-0.2, 0) is 9.59 Å². The first-order valence-electron chi connectivity index (χ1n) is 9.16. The molecular weight excluding hydrogens is 408 g/mol. The van der Waals surface area contributed by atoms with Crippen molar-refractivity contribution in [2.24, 2.45) is 10.1 Å². The van der Waals surface area contributed by atoms with Gasteiger partial charge in [-0.1, -0.05) is 0 Å². The van der Waals surface area contributed by atoms with Gasteiger partial charge in [0.2, 0.25) is 0 Å². The van der Waals surface area contributed by atoms with Crippen molar-refractivity contribution in [2.45, 2.75) is 6.04 Å². The summed E-state index contributed by atoms with van der Waals surface area (Å²) in [5.74, 6) is 0.794. The van der Waals surface area contributed by atoms with E-state index < -0.39 is 23.9 Å². The van der Waals surface area contributed by atoms with Gasteiger partial charge in [-0.2, -0.15) is 5.10 Å². The summed E-state index contributed by atoms with van der Waals surface area (Å²) >= 11 is 0. The molecule has 0 aromatic heterocycles. The van der Waals surface area contributed by atoms with Crippen molar-refractivity contribution in [3.8, 4) is 17.2 Å². The van der Waals surface area contributed by atoms with Crippen LogP contribution >= 0.6 is 0 Å². The summed E-state index contributed by atoms with van der Waals surface area (Å²) in [6.07, 6.45) is 2.77. The third-order valence-electron chi connectivity index (χ3n) is 4.85. The quantitative estimate of drug-likeness (QED) is 0.353. The molecule has 164 valence electrons. The second-order valence-corrected chi connectivity index (χ2v) is 6.66. The number of methoxy groups -OCH3 is 3. The molecule has 1 atom stereocenters. The van der Waals surface area contributed by atoms with Crippen LogP contribution in [0.2, 0.25) is 0 Å². The van der Waals surface area contributed by atoms with Gasteiger partial charge in [0.25, 0.3) is 30.0 Å². The second-order valence-electron chi connectivity index (χ2n) is 6.66. The van der Waals surface area contributed by atoms with Crippen molar-refractivity contribution in [1.82, 2.24) is 15.2 Å². The normalized spacial score (nSPS) is 18.0. The fourth-order valence-electron chi connectivity index (χ4n) is 3.20. The summed E-state index contributed by atoms with van der Waals surface area (Å²) in [4.78, 5) is 43.2. The Bertz CT molecular complexity index is 1020. The average Bonchev–Trinajstić information content (AvgIpc) is 3.19. The first kappa shape index (κ1) is 21.7. The Morgan fingerprint density at radius 1 is 1.13 bits per heavy atom. The van der Waals surface area contributed by atoms with Gasteiger partial charge < -0.3 is 14.2 Å². The molecule has 1 fully saturated rings. The highest BCUT2D eigenvalue weighted by Gasteiger charge is 2.50. The third-order valence-corrected chi connectivity index (χ3v) is 4.85. The molecule has 0 bridgehead atoms. The van der Waals surface area contributed by atoms with Gasteiger partial charge in [0.05, 0.1) is 27.5 Å². The van der Waals surface area contributed by atoms with Crippen LogP contribution in [0.1, 0.15) is 5.56 Å². The van der Waals surface area contributed by atoms with Crippen LogP contribution in [0.15, 0.2) is 22.2 Å². The van der Waals surface area contributed by atoms with E-state index in [4.69, 9.17) is 14.2 Å². The molecule has 0 spiro atoms. The molecule has 4 amide bonds. The minimum atomic E-state index is -0.839. The number of aliphatic imine (C=N–C) groups is 1. The predicted octanol–water partition coefficient (Wildman–Crippen LogP) is -0.492. The number of amides is 4. The minimum absolute atomic E-state index is 0.181. The minimum Gasteiger partial charge on any atom is -0.496 e. The number of ether oxygens (including phenoxy) is 3. The van der Waals surface area contributed by atoms with Gasteiger partial charge in [0, 0.05) is 25.7 Å². The molecule has 2 aliphatic heterocycles. The molecule has 1 aromatic rings. The van der Waals surface area contributed by atoms with E-state index in [-0.39, 0.29) is 12.4 Å². The standard InChI is InChI=1S/C19H22N6O6/c1-23-17-16(18(27)24(2)19(23)28)25(10-20-17)9-15(26)22-21-8-11-6-13(30-4)14(31-5)7-12(11)29-3/h6-8,10,16H,9H2,1-5H3/p+1/b21-8+. The molecule has 1 N–H and O–H groups in total. The SMILES string of the molecule is COc1cc(OC)c(OC)cc1/C=N/NC(=O)C[N+]1=CN=C2C1C(=O)N(C)C(=O)N2C. The van der Waals surface area contributed by atoms with Crippen LogP contribution < -0.4 is 19.6 Å². The Balaban J connectivity index is 1.67. The number of benzene rings is 1. The summed E-state index contributed by atoms with van der Waals surface area (Å²) in [6, 6.07) is 1.98. The highest BCUT2D eigenvalue weighted by atomic mass is 16.5. The number of carbonyl (C=O) groups is 3. The van der Waals surface area contributed by atoms with Crippen molar-refractivity contribution < 1.29 is 33.2 Å². The Kier molecular flexibility index (Phi) is 6.18. The van der Waals surface area contributed by atoms with Crippen LogP contribution in [0.3, 0.4) is 0 Å². The zero-order valence-corrected chi connectivity index (χ0v) is 17.8. The number of likely N-dealkylation sites (N-methyl/N-ethyl adjacent to an activating group) is 2. The van der Waals surface area contributed by atoms with Gasteiger partial charge in [0.15, 0.2) is 18.0 Å². The topological polar surface area (TPSA) is 125 Å². The molecule has 1 aromatic carbocycles. The van der Waals surface area contributed by atoms with Crippen molar-refractivity contribution >= 4 is 36.2 Å². The summed E-state index contributed by atoms with van der Waals surface area (Å²) < 4.78 is 17.2. The number of hydrazone groups is 1. The van der Waals surface area contributed by atoms with Crippen LogP contribution in [0.5, 0.6) is 17.2 Å². The van der Waals surface area contributed by atoms with Gasteiger partial charge in [0.1, 0.15) is 5.75 Å². The lowest BCUT2D eigenvalue weighted by atomic mass is 10.1. The monoisotopic (exact) mass is 431 g/mol. The van der Waals surface area contributed by atoms with E-state index in [2.05, 4.69) is 15.5 Å². The number of fused-ring (bicyclic) bond motifs is 1. The van der Waals surface area contributed by atoms with E-state index in [0.717, 1.165) is 4.90 Å². The van der Waals surface area contributed by atoms with Crippen LogP contribution in [0, 0.1) is 0 Å². The lowest BCUT2D eigenvalue weighted by Crippen LogP contribution is -2.61. The predicted molar refractivity (Wildman–Crippen MR) is 110 cm³/mol. The number of hydrogen-bond acceptors (Lipinski definition) is 8. The van der Waals surface area contributed by atoms with Crippen LogP contribution in [0.4, 0.5) is 4.79 Å². The number of nitrogens with zero attached hydrogens (tertiary/aromatic N) is 5.